The third kappa shape index (κ3) is 4.76. The summed E-state index contributed by atoms with van der Waals surface area (Å²) in [5, 5.41) is 7.92. The second-order valence-electron chi connectivity index (χ2n) is 9.63. The second kappa shape index (κ2) is 10.00. The van der Waals surface area contributed by atoms with Gasteiger partial charge in [-0.15, -0.1) is 0 Å². The van der Waals surface area contributed by atoms with Gasteiger partial charge in [-0.3, -0.25) is 14.4 Å². The number of fused-ring (bicyclic) bond motifs is 1. The summed E-state index contributed by atoms with van der Waals surface area (Å²) >= 11 is 0. The van der Waals surface area contributed by atoms with E-state index in [0.717, 1.165) is 16.7 Å². The molecule has 3 heterocycles. The van der Waals surface area contributed by atoms with E-state index < -0.39 is 5.91 Å². The highest BCUT2D eigenvalue weighted by molar-refractivity contribution is 6.13. The van der Waals surface area contributed by atoms with Crippen molar-refractivity contribution in [1.29, 1.82) is 0 Å². The van der Waals surface area contributed by atoms with Crippen LogP contribution >= 0.6 is 0 Å². The van der Waals surface area contributed by atoms with Gasteiger partial charge in [0, 0.05) is 32.4 Å². The standard InChI is InChI=1S/C26H32N8O3/c1-7-20(35)33-12-18(10-14(33)2)34-25-22(24(27)28-13-29-25)23(31-34)26(37)30-19-9-8-17(15(3)16(19)4)11-21(36)32(5)6/h7-9,13-14,18H,1,10-12H2,2-6H3,(H,30,37)(H2,27,28,29)/t14-,18+/m0/s1. The summed E-state index contributed by atoms with van der Waals surface area (Å²) in [6.07, 6.45) is 3.56. The summed E-state index contributed by atoms with van der Waals surface area (Å²) in [5.41, 5.74) is 10.0. The number of carbonyl (C=O) groups excluding carboxylic acids is 3. The number of amides is 3. The summed E-state index contributed by atoms with van der Waals surface area (Å²) in [5.74, 6) is -0.451. The summed E-state index contributed by atoms with van der Waals surface area (Å²) in [6.45, 7) is 9.79. The average molecular weight is 505 g/mol. The number of nitrogens with two attached hydrogens (primary N) is 1. The van der Waals surface area contributed by atoms with Crippen molar-refractivity contribution in [2.45, 2.75) is 45.7 Å². The third-order valence-corrected chi connectivity index (χ3v) is 7.08. The van der Waals surface area contributed by atoms with E-state index >= 15 is 0 Å². The molecule has 194 valence electrons. The molecule has 0 aliphatic carbocycles. The minimum atomic E-state index is -0.449. The molecule has 3 N–H and O–H groups in total. The van der Waals surface area contributed by atoms with Gasteiger partial charge >= 0.3 is 0 Å². The molecule has 1 aliphatic rings. The van der Waals surface area contributed by atoms with Crippen molar-refractivity contribution in [2.24, 2.45) is 0 Å². The molecule has 3 amide bonds. The normalized spacial score (nSPS) is 17.2. The molecule has 2 aromatic heterocycles. The molecule has 0 spiro atoms. The van der Waals surface area contributed by atoms with E-state index in [1.807, 2.05) is 26.8 Å². The van der Waals surface area contributed by atoms with Gasteiger partial charge in [-0.2, -0.15) is 5.10 Å². The van der Waals surface area contributed by atoms with Crippen molar-refractivity contribution < 1.29 is 14.4 Å². The third-order valence-electron chi connectivity index (χ3n) is 7.08. The van der Waals surface area contributed by atoms with Crippen molar-refractivity contribution in [3.63, 3.8) is 0 Å². The van der Waals surface area contributed by atoms with Gasteiger partial charge in [0.1, 0.15) is 12.1 Å². The van der Waals surface area contributed by atoms with Crippen LogP contribution < -0.4 is 11.1 Å². The van der Waals surface area contributed by atoms with Crippen LogP contribution in [0.1, 0.15) is 46.6 Å². The van der Waals surface area contributed by atoms with Crippen LogP contribution in [0.4, 0.5) is 11.5 Å². The molecule has 3 aromatic rings. The summed E-state index contributed by atoms with van der Waals surface area (Å²) < 4.78 is 1.67. The zero-order valence-corrected chi connectivity index (χ0v) is 21.8. The molecular formula is C26H32N8O3. The quantitative estimate of drug-likeness (QED) is 0.491. The summed E-state index contributed by atoms with van der Waals surface area (Å²) in [7, 11) is 3.44. The Hall–Kier alpha value is -4.28. The molecule has 37 heavy (non-hydrogen) atoms. The van der Waals surface area contributed by atoms with Gasteiger partial charge in [0.25, 0.3) is 5.91 Å². The summed E-state index contributed by atoms with van der Waals surface area (Å²) in [4.78, 5) is 49.6. The Morgan fingerprint density at radius 1 is 1.22 bits per heavy atom. The fraction of sp³-hybridized carbons (Fsp3) is 0.385. The average Bonchev–Trinajstić information content (AvgIpc) is 3.44. The minimum Gasteiger partial charge on any atom is -0.383 e. The van der Waals surface area contributed by atoms with Crippen LogP contribution in [0.5, 0.6) is 0 Å². The largest absolute Gasteiger partial charge is 0.383 e. The number of anilines is 2. The Morgan fingerprint density at radius 2 is 1.95 bits per heavy atom. The van der Waals surface area contributed by atoms with E-state index in [0.29, 0.717) is 29.7 Å². The lowest BCUT2D eigenvalue weighted by molar-refractivity contribution is -0.128. The number of aromatic nitrogens is 4. The number of nitrogen functional groups attached to an aromatic ring is 1. The van der Waals surface area contributed by atoms with Crippen LogP contribution in [-0.4, -0.2) is 74.0 Å². The monoisotopic (exact) mass is 504 g/mol. The van der Waals surface area contributed by atoms with E-state index in [9.17, 15) is 14.4 Å². The molecule has 0 radical (unpaired) electrons. The van der Waals surface area contributed by atoms with Crippen molar-refractivity contribution in [3.8, 4) is 0 Å². The van der Waals surface area contributed by atoms with Crippen LogP contribution in [0.2, 0.25) is 0 Å². The van der Waals surface area contributed by atoms with Crippen LogP contribution in [0.3, 0.4) is 0 Å². The Balaban J connectivity index is 1.66. The number of benzene rings is 1. The highest BCUT2D eigenvalue weighted by Gasteiger charge is 2.35. The van der Waals surface area contributed by atoms with E-state index in [1.165, 1.54) is 12.4 Å². The molecule has 2 atom stereocenters. The lowest BCUT2D eigenvalue weighted by atomic mass is 9.98. The van der Waals surface area contributed by atoms with Gasteiger partial charge in [-0.05, 0) is 56.0 Å². The van der Waals surface area contributed by atoms with E-state index in [-0.39, 0.29) is 41.8 Å². The van der Waals surface area contributed by atoms with Crippen LogP contribution in [0.25, 0.3) is 11.0 Å². The first kappa shape index (κ1) is 25.8. The van der Waals surface area contributed by atoms with E-state index in [2.05, 4.69) is 27.0 Å². The predicted molar refractivity (Wildman–Crippen MR) is 141 cm³/mol. The smallest absolute Gasteiger partial charge is 0.277 e. The molecule has 1 aromatic carbocycles. The van der Waals surface area contributed by atoms with Crippen molar-refractivity contribution >= 4 is 40.3 Å². The molecule has 11 nitrogen and oxygen atoms in total. The fourth-order valence-corrected chi connectivity index (χ4v) is 4.72. The van der Waals surface area contributed by atoms with Gasteiger partial charge in [-0.25, -0.2) is 14.6 Å². The number of hydrogen-bond acceptors (Lipinski definition) is 7. The lowest BCUT2D eigenvalue weighted by Gasteiger charge is -2.19. The first-order valence-electron chi connectivity index (χ1n) is 12.1. The first-order chi connectivity index (χ1) is 17.5. The van der Waals surface area contributed by atoms with Gasteiger partial charge in [-0.1, -0.05) is 12.6 Å². The van der Waals surface area contributed by atoms with Crippen molar-refractivity contribution in [3.05, 3.63) is 53.5 Å². The molecule has 0 bridgehead atoms. The zero-order chi connectivity index (χ0) is 27.0. The second-order valence-corrected chi connectivity index (χ2v) is 9.63. The lowest BCUT2D eigenvalue weighted by Crippen LogP contribution is -2.32. The minimum absolute atomic E-state index is 0.00126. The summed E-state index contributed by atoms with van der Waals surface area (Å²) in [6, 6.07) is 3.43. The Morgan fingerprint density at radius 3 is 2.62 bits per heavy atom. The topological polar surface area (TPSA) is 139 Å². The first-order valence-corrected chi connectivity index (χ1v) is 12.1. The number of hydrogen-bond donors (Lipinski definition) is 2. The maximum atomic E-state index is 13.5. The van der Waals surface area contributed by atoms with Crippen LogP contribution in [0, 0.1) is 13.8 Å². The number of carbonyl (C=O) groups is 3. The number of likely N-dealkylation sites (N-methyl/N-ethyl adjacent to an activating group) is 1. The molecule has 1 saturated heterocycles. The molecule has 11 heteroatoms. The maximum Gasteiger partial charge on any atom is 0.277 e. The van der Waals surface area contributed by atoms with Crippen LogP contribution in [0.15, 0.2) is 31.1 Å². The Kier molecular flexibility index (Phi) is 6.97. The molecule has 1 fully saturated rings. The Bertz CT molecular complexity index is 1410. The SMILES string of the molecule is C=CC(=O)N1C[C@H](n2nc(C(=O)Nc3ccc(CC(=O)N(C)C)c(C)c3C)c3c(N)ncnc32)C[C@@H]1C. The highest BCUT2D eigenvalue weighted by atomic mass is 16.2. The number of nitrogens with one attached hydrogen (secondary N) is 1. The van der Waals surface area contributed by atoms with Gasteiger partial charge < -0.3 is 20.9 Å². The maximum absolute atomic E-state index is 13.5. The van der Waals surface area contributed by atoms with E-state index in [4.69, 9.17) is 5.73 Å². The Labute approximate surface area is 215 Å². The molecule has 4 rings (SSSR count). The van der Waals surface area contributed by atoms with Crippen LogP contribution in [-0.2, 0) is 16.0 Å². The van der Waals surface area contributed by atoms with Crippen molar-refractivity contribution in [2.75, 3.05) is 31.7 Å². The number of likely N-dealkylation sites (tertiary alicyclic amines) is 1. The van der Waals surface area contributed by atoms with Gasteiger partial charge in [0.05, 0.1) is 17.8 Å². The molecule has 0 unspecified atom stereocenters. The fourth-order valence-electron chi connectivity index (χ4n) is 4.72. The number of nitrogens with zero attached hydrogens (tertiary/aromatic N) is 6. The number of rotatable bonds is 6. The van der Waals surface area contributed by atoms with Crippen molar-refractivity contribution in [1.82, 2.24) is 29.5 Å². The molecule has 0 saturated carbocycles. The van der Waals surface area contributed by atoms with E-state index in [1.54, 1.807) is 34.6 Å². The highest BCUT2D eigenvalue weighted by Crippen LogP contribution is 2.32. The molecular weight excluding hydrogens is 472 g/mol. The van der Waals surface area contributed by atoms with Gasteiger partial charge in [0.2, 0.25) is 11.8 Å². The zero-order valence-electron chi connectivity index (χ0n) is 21.8. The molecule has 1 aliphatic heterocycles. The van der Waals surface area contributed by atoms with Gasteiger partial charge in [0.15, 0.2) is 11.3 Å². The predicted octanol–water partition coefficient (Wildman–Crippen LogP) is 2.26.